The number of thiazole rings is 1. The predicted octanol–water partition coefficient (Wildman–Crippen LogP) is 2.09. The van der Waals surface area contributed by atoms with Gasteiger partial charge in [0.2, 0.25) is 12.0 Å². The highest BCUT2D eigenvalue weighted by Gasteiger charge is 2.57. The molecule has 8 N–H and O–H groups in total. The molecular weight excluding hydrogens is 784 g/mol. The molecule has 1 aromatic carbocycles. The van der Waals surface area contributed by atoms with Crippen LogP contribution in [0, 0.1) is 11.3 Å². The average Bonchev–Trinajstić information content (AvgIpc) is 3.57. The number of amides is 2. The number of aliphatic carboxylic acids is 3. The number of nitrogens with two attached hydrogens (primary N) is 1. The van der Waals surface area contributed by atoms with Gasteiger partial charge in [-0.3, -0.25) is 24.1 Å². The summed E-state index contributed by atoms with van der Waals surface area (Å²) in [5.41, 5.74) is 5.67. The van der Waals surface area contributed by atoms with Crippen molar-refractivity contribution in [2.75, 3.05) is 38.5 Å². The summed E-state index contributed by atoms with van der Waals surface area (Å²) in [5, 5.41) is 55.3. The Morgan fingerprint density at radius 1 is 1.15 bits per heavy atom. The lowest BCUT2D eigenvalue weighted by atomic mass is 9.70. The van der Waals surface area contributed by atoms with E-state index in [1.807, 2.05) is 6.92 Å². The molecule has 21 heteroatoms. The number of β-lactam (4-membered cyclic amide) rings is 1. The first-order valence-electron chi connectivity index (χ1n) is 17.2. The van der Waals surface area contributed by atoms with Crippen LogP contribution >= 0.6 is 34.7 Å². The van der Waals surface area contributed by atoms with Gasteiger partial charge < -0.3 is 45.9 Å². The second-order valence-corrected chi connectivity index (χ2v) is 17.0. The highest BCUT2D eigenvalue weighted by atomic mass is 35.5. The molecule has 0 unspecified atom stereocenters. The number of Topliss-reactive ketones (excluding diaryl/α,β-unsaturated/α-hetero) is 1. The number of phenolic OH excluding ortho intramolecular Hbond substituents is 2. The number of phenols is 2. The number of aromatic nitrogens is 1. The molecule has 0 aliphatic carbocycles. The van der Waals surface area contributed by atoms with Gasteiger partial charge in [-0.05, 0) is 19.1 Å². The number of carbonyl (C=O) groups is 6. The summed E-state index contributed by atoms with van der Waals surface area (Å²) in [5.74, 6) is -8.07. The molecule has 18 nitrogen and oxygen atoms in total. The van der Waals surface area contributed by atoms with Crippen LogP contribution in [0.2, 0.25) is 5.02 Å². The largest absolute Gasteiger partial charge is 0.504 e. The van der Waals surface area contributed by atoms with Crippen molar-refractivity contribution >= 4 is 81.0 Å². The van der Waals surface area contributed by atoms with E-state index in [1.54, 1.807) is 0 Å². The van der Waals surface area contributed by atoms with Crippen molar-refractivity contribution in [2.24, 2.45) is 16.5 Å². The molecule has 6 heterocycles. The predicted molar refractivity (Wildman–Crippen MR) is 196 cm³/mol. The number of piperidine rings is 3. The number of halogens is 1. The van der Waals surface area contributed by atoms with E-state index in [9.17, 15) is 49.2 Å². The number of anilines is 1. The van der Waals surface area contributed by atoms with E-state index in [0.29, 0.717) is 23.1 Å². The minimum absolute atomic E-state index is 0.0559. The number of rotatable bonds is 15. The van der Waals surface area contributed by atoms with Crippen molar-refractivity contribution in [2.45, 2.75) is 55.8 Å². The molecule has 2 amide bonds. The maximum Gasteiger partial charge on any atom is 0.352 e. The minimum atomic E-state index is -1.91. The van der Waals surface area contributed by atoms with Crippen molar-refractivity contribution in [1.82, 2.24) is 15.2 Å². The first-order chi connectivity index (χ1) is 25.9. The molecule has 2 bridgehead atoms. The fourth-order valence-electron chi connectivity index (χ4n) is 7.65. The van der Waals surface area contributed by atoms with Gasteiger partial charge in [0.05, 0.1) is 42.4 Å². The molecule has 2 aromatic rings. The number of carboxylic acid groups (broad SMARTS) is 3. The SMILES string of the molecule is C[C@@H]1S[C@@H]2[C@H](CC(=O)/C(=N\O[C@@H](CC(=O)O)C(=O)O)c3csc(N)n3)C(=O)N2C(C(=O)O)=C1C[N+]12CCC(CNC(=O)c3cc(O)c(O)c(Cl)c3)(CC1)CC2. The third-order valence-electron chi connectivity index (χ3n) is 10.9. The molecule has 5 aliphatic heterocycles. The molecule has 4 fully saturated rings. The Bertz CT molecular complexity index is 1990. The van der Waals surface area contributed by atoms with Crippen LogP contribution in [0.15, 0.2) is 33.9 Å². The van der Waals surface area contributed by atoms with Gasteiger partial charge in [0, 0.05) is 59.4 Å². The van der Waals surface area contributed by atoms with Gasteiger partial charge in [-0.15, -0.1) is 23.1 Å². The Kier molecular flexibility index (Phi) is 11.1. The van der Waals surface area contributed by atoms with Gasteiger partial charge >= 0.3 is 17.9 Å². The summed E-state index contributed by atoms with van der Waals surface area (Å²) in [6, 6.07) is 2.43. The first kappa shape index (κ1) is 39.8. The molecule has 294 valence electrons. The maximum atomic E-state index is 13.7. The minimum Gasteiger partial charge on any atom is -0.504 e. The molecule has 0 saturated carbocycles. The Balaban J connectivity index is 1.13. The van der Waals surface area contributed by atoms with Crippen molar-refractivity contribution < 1.29 is 63.6 Å². The normalized spacial score (nSPS) is 26.5. The third kappa shape index (κ3) is 7.94. The van der Waals surface area contributed by atoms with Gasteiger partial charge in [0.15, 0.2) is 28.1 Å². The Hall–Kier alpha value is -4.92. The number of hydrogen-bond donors (Lipinski definition) is 7. The zero-order chi connectivity index (χ0) is 40.0. The van der Waals surface area contributed by atoms with E-state index in [2.05, 4.69) is 15.5 Å². The van der Waals surface area contributed by atoms with E-state index in [0.717, 1.165) is 56.3 Å². The van der Waals surface area contributed by atoms with Crippen LogP contribution in [0.1, 0.15) is 55.1 Å². The number of fused-ring (bicyclic) bond motifs is 4. The second kappa shape index (κ2) is 15.3. The summed E-state index contributed by atoms with van der Waals surface area (Å²) in [6.45, 7) is 4.85. The number of carbonyl (C=O) groups excluding carboxylic acids is 3. The second-order valence-electron chi connectivity index (χ2n) is 14.3. The number of nitrogens with zero attached hydrogens (tertiary/aromatic N) is 4. The number of benzene rings is 1. The Morgan fingerprint density at radius 3 is 2.38 bits per heavy atom. The number of nitrogen functional groups attached to an aromatic ring is 1. The van der Waals surface area contributed by atoms with Gasteiger partial charge in [0.1, 0.15) is 17.9 Å². The summed E-state index contributed by atoms with van der Waals surface area (Å²) in [4.78, 5) is 85.8. The van der Waals surface area contributed by atoms with Gasteiger partial charge in [-0.2, -0.15) is 0 Å². The van der Waals surface area contributed by atoms with E-state index in [1.165, 1.54) is 28.1 Å². The van der Waals surface area contributed by atoms with Crippen LogP contribution in [-0.4, -0.2) is 131 Å². The fraction of sp³-hybridized carbons (Fsp3) is 0.471. The molecule has 7 rings (SSSR count). The third-order valence-corrected chi connectivity index (χ3v) is 13.3. The number of ketones is 1. The quantitative estimate of drug-likeness (QED) is 0.0445. The Morgan fingerprint density at radius 2 is 1.82 bits per heavy atom. The highest BCUT2D eigenvalue weighted by molar-refractivity contribution is 8.00. The van der Waals surface area contributed by atoms with E-state index >= 15 is 0 Å². The number of aromatic hydroxyl groups is 2. The van der Waals surface area contributed by atoms with Crippen LogP contribution in [0.3, 0.4) is 0 Å². The molecule has 55 heavy (non-hydrogen) atoms. The summed E-state index contributed by atoms with van der Waals surface area (Å²) >= 11 is 8.25. The van der Waals surface area contributed by atoms with Gasteiger partial charge in [0.25, 0.3) is 5.91 Å². The summed E-state index contributed by atoms with van der Waals surface area (Å²) < 4.78 is 0.624. The standard InChI is InChI=1S/C34H37ClN6O12S2/c1-15-18(12-41-5-2-34(3-6-41,4-7-41)14-37-28(47)16-8-19(35)27(46)22(43)9-16)26(32(51)52)40-29(48)17(30(40)55-15)10-21(42)25(20-13-54-33(36)38-20)39-53-23(31(49)50)11-24(44)45/h8-9,13,15,17,23,30H,2-7,10-12,14H2,1H3,(H7-,36,37,38,39,42,43,44,45,46,47,49,50,51,52)/p+1/t15-,17+,23-,30+,34?,41?/m0/s1. The smallest absolute Gasteiger partial charge is 0.352 e. The lowest BCUT2D eigenvalue weighted by Crippen LogP contribution is -2.66. The van der Waals surface area contributed by atoms with Crippen LogP contribution in [-0.2, 0) is 28.8 Å². The number of oxime groups is 1. The van der Waals surface area contributed by atoms with E-state index in [-0.39, 0.29) is 37.8 Å². The summed E-state index contributed by atoms with van der Waals surface area (Å²) in [6.07, 6.45) is -0.985. The molecule has 0 spiro atoms. The zero-order valence-corrected chi connectivity index (χ0v) is 31.7. The molecule has 4 saturated heterocycles. The van der Waals surface area contributed by atoms with Crippen molar-refractivity contribution in [3.8, 4) is 11.5 Å². The molecule has 4 atom stereocenters. The van der Waals surface area contributed by atoms with E-state index < -0.39 is 83.0 Å². The molecule has 5 aliphatic rings. The topological polar surface area (TPSA) is 279 Å². The van der Waals surface area contributed by atoms with Gasteiger partial charge in [-0.25, -0.2) is 14.6 Å². The summed E-state index contributed by atoms with van der Waals surface area (Å²) in [7, 11) is 0. The maximum absolute atomic E-state index is 13.7. The van der Waals surface area contributed by atoms with Crippen molar-refractivity contribution in [3.05, 3.63) is 45.1 Å². The van der Waals surface area contributed by atoms with Crippen molar-refractivity contribution in [1.29, 1.82) is 0 Å². The number of nitrogens with one attached hydrogen (secondary N) is 1. The Labute approximate surface area is 326 Å². The molecule has 0 radical (unpaired) electrons. The van der Waals surface area contributed by atoms with Crippen LogP contribution < -0.4 is 11.1 Å². The molecular formula is C34H38ClN6O12S2+. The number of thioether (sulfide) groups is 1. The average molecular weight is 822 g/mol. The fourth-order valence-corrected chi connectivity index (χ4v) is 9.91. The lowest BCUT2D eigenvalue weighted by Gasteiger charge is -2.56. The van der Waals surface area contributed by atoms with E-state index in [4.69, 9.17) is 27.3 Å². The number of hydrogen-bond acceptors (Lipinski definition) is 14. The number of carboxylic acids is 3. The lowest BCUT2D eigenvalue weighted by molar-refractivity contribution is -0.941. The molecule has 1 aromatic heterocycles. The number of quaternary nitrogens is 1. The van der Waals surface area contributed by atoms with Crippen LogP contribution in [0.4, 0.5) is 5.13 Å². The monoisotopic (exact) mass is 821 g/mol. The van der Waals surface area contributed by atoms with Gasteiger partial charge in [-0.1, -0.05) is 16.8 Å². The zero-order valence-electron chi connectivity index (χ0n) is 29.3. The first-order valence-corrected chi connectivity index (χ1v) is 19.4. The van der Waals surface area contributed by atoms with Crippen molar-refractivity contribution in [3.63, 3.8) is 0 Å². The van der Waals surface area contributed by atoms with Crippen LogP contribution in [0.25, 0.3) is 0 Å². The van der Waals surface area contributed by atoms with Crippen LogP contribution in [0.5, 0.6) is 11.5 Å². The highest BCUT2D eigenvalue weighted by Crippen LogP contribution is 2.50.